The second kappa shape index (κ2) is 6.78. The number of hydrogen-bond acceptors (Lipinski definition) is 6. The average molecular weight is 312 g/mol. The molecule has 2 aromatic rings. The third-order valence-electron chi connectivity index (χ3n) is 2.44. The number of thiophene rings is 1. The summed E-state index contributed by atoms with van der Waals surface area (Å²) < 4.78 is 27.0. The molecule has 0 aliphatic rings. The number of anilines is 1. The van der Waals surface area contributed by atoms with Crippen LogP contribution < -0.4 is 10.0 Å². The summed E-state index contributed by atoms with van der Waals surface area (Å²) in [5.41, 5.74) is 0. The minimum atomic E-state index is -3.58. The van der Waals surface area contributed by atoms with Gasteiger partial charge in [-0.3, -0.25) is 4.72 Å². The molecule has 20 heavy (non-hydrogen) atoms. The number of hydrogen-bond donors (Lipinski definition) is 2. The summed E-state index contributed by atoms with van der Waals surface area (Å²) in [5.74, 6) is 0.214. The minimum absolute atomic E-state index is 0.214. The fraction of sp³-hybridized carbons (Fsp3) is 0.333. The molecule has 0 aliphatic heterocycles. The van der Waals surface area contributed by atoms with E-state index in [4.69, 9.17) is 0 Å². The molecule has 0 saturated carbocycles. The molecule has 0 amide bonds. The Labute approximate surface area is 122 Å². The zero-order valence-corrected chi connectivity index (χ0v) is 12.7. The summed E-state index contributed by atoms with van der Waals surface area (Å²) in [6.07, 6.45) is 2.53. The first-order valence-corrected chi connectivity index (χ1v) is 8.52. The van der Waals surface area contributed by atoms with Crippen molar-refractivity contribution in [3.05, 3.63) is 35.3 Å². The summed E-state index contributed by atoms with van der Waals surface area (Å²) in [4.78, 5) is 0.984. The smallest absolute Gasteiger partial charge is 0.272 e. The third kappa shape index (κ3) is 3.99. The zero-order chi connectivity index (χ0) is 14.4. The SMILES string of the molecule is CCCNCc1ccc(S(=O)(=O)Nc2cccnn2)s1. The molecule has 2 aromatic heterocycles. The number of nitrogens with zero attached hydrogens (tertiary/aromatic N) is 2. The summed E-state index contributed by atoms with van der Waals surface area (Å²) >= 11 is 1.25. The maximum atomic E-state index is 12.2. The van der Waals surface area contributed by atoms with Crippen molar-refractivity contribution in [2.75, 3.05) is 11.3 Å². The minimum Gasteiger partial charge on any atom is -0.312 e. The topological polar surface area (TPSA) is 84.0 Å². The van der Waals surface area contributed by atoms with Crippen molar-refractivity contribution in [3.63, 3.8) is 0 Å². The van der Waals surface area contributed by atoms with E-state index in [2.05, 4.69) is 27.2 Å². The molecule has 2 rings (SSSR count). The van der Waals surface area contributed by atoms with Crippen LogP contribution in [0.1, 0.15) is 18.2 Å². The van der Waals surface area contributed by atoms with Crippen LogP contribution in [0.25, 0.3) is 0 Å². The van der Waals surface area contributed by atoms with E-state index in [9.17, 15) is 8.42 Å². The van der Waals surface area contributed by atoms with E-state index in [0.29, 0.717) is 6.54 Å². The van der Waals surface area contributed by atoms with E-state index in [1.807, 2.05) is 6.07 Å². The van der Waals surface area contributed by atoms with Gasteiger partial charge in [0.05, 0.1) is 0 Å². The van der Waals surface area contributed by atoms with Crippen molar-refractivity contribution in [1.29, 1.82) is 0 Å². The van der Waals surface area contributed by atoms with Crippen molar-refractivity contribution in [3.8, 4) is 0 Å². The number of rotatable bonds is 7. The van der Waals surface area contributed by atoms with Crippen molar-refractivity contribution in [1.82, 2.24) is 15.5 Å². The Bertz CT molecular complexity index is 640. The molecule has 0 radical (unpaired) electrons. The lowest BCUT2D eigenvalue weighted by atomic mass is 10.4. The first-order valence-electron chi connectivity index (χ1n) is 6.22. The van der Waals surface area contributed by atoms with Gasteiger partial charge in [0.25, 0.3) is 10.0 Å². The standard InChI is InChI=1S/C12H16N4O2S2/c1-2-7-13-9-10-5-6-12(19-10)20(17,18)16-11-4-3-8-14-15-11/h3-6,8,13H,2,7,9H2,1H3,(H,15,16). The predicted molar refractivity (Wildman–Crippen MR) is 79.2 cm³/mol. The van der Waals surface area contributed by atoms with Crippen LogP contribution in [-0.4, -0.2) is 25.2 Å². The van der Waals surface area contributed by atoms with Gasteiger partial charge >= 0.3 is 0 Å². The zero-order valence-electron chi connectivity index (χ0n) is 11.0. The normalized spacial score (nSPS) is 11.4. The molecule has 0 saturated heterocycles. The van der Waals surface area contributed by atoms with E-state index in [-0.39, 0.29) is 10.0 Å². The molecular formula is C12H16N4O2S2. The van der Waals surface area contributed by atoms with E-state index in [1.54, 1.807) is 18.2 Å². The van der Waals surface area contributed by atoms with Gasteiger partial charge in [0.2, 0.25) is 0 Å². The van der Waals surface area contributed by atoms with Gasteiger partial charge in [-0.05, 0) is 37.2 Å². The quantitative estimate of drug-likeness (QED) is 0.762. The van der Waals surface area contributed by atoms with Crippen molar-refractivity contribution in [2.45, 2.75) is 24.1 Å². The molecule has 0 aliphatic carbocycles. The predicted octanol–water partition coefficient (Wildman–Crippen LogP) is 1.84. The molecule has 0 fully saturated rings. The highest BCUT2D eigenvalue weighted by Gasteiger charge is 2.17. The maximum absolute atomic E-state index is 12.2. The molecule has 2 heterocycles. The molecule has 8 heteroatoms. The highest BCUT2D eigenvalue weighted by Crippen LogP contribution is 2.23. The van der Waals surface area contributed by atoms with Crippen LogP contribution in [0.4, 0.5) is 5.82 Å². The van der Waals surface area contributed by atoms with Gasteiger partial charge < -0.3 is 5.32 Å². The van der Waals surface area contributed by atoms with Gasteiger partial charge in [-0.25, -0.2) is 8.42 Å². The first kappa shape index (κ1) is 14.9. The lowest BCUT2D eigenvalue weighted by molar-refractivity contribution is 0.603. The highest BCUT2D eigenvalue weighted by molar-refractivity contribution is 7.94. The Hall–Kier alpha value is -1.51. The fourth-order valence-electron chi connectivity index (χ4n) is 1.53. The van der Waals surface area contributed by atoms with Gasteiger partial charge in [-0.2, -0.15) is 5.10 Å². The maximum Gasteiger partial charge on any atom is 0.272 e. The summed E-state index contributed by atoms with van der Waals surface area (Å²) in [6.45, 7) is 3.68. The molecule has 2 N–H and O–H groups in total. The van der Waals surface area contributed by atoms with Crippen LogP contribution in [0.3, 0.4) is 0 Å². The second-order valence-electron chi connectivity index (χ2n) is 4.11. The number of nitrogens with one attached hydrogen (secondary N) is 2. The summed E-state index contributed by atoms with van der Waals surface area (Å²) in [5, 5.41) is 10.6. The number of sulfonamides is 1. The fourth-order valence-corrected chi connectivity index (χ4v) is 3.85. The van der Waals surface area contributed by atoms with Crippen LogP contribution in [0.15, 0.2) is 34.7 Å². The van der Waals surface area contributed by atoms with Crippen LogP contribution in [0.5, 0.6) is 0 Å². The third-order valence-corrected chi connectivity index (χ3v) is 5.37. The molecule has 0 spiro atoms. The molecular weight excluding hydrogens is 296 g/mol. The van der Waals surface area contributed by atoms with Gasteiger partial charge in [0.1, 0.15) is 4.21 Å². The second-order valence-corrected chi connectivity index (χ2v) is 7.19. The van der Waals surface area contributed by atoms with E-state index in [1.165, 1.54) is 17.5 Å². The van der Waals surface area contributed by atoms with Gasteiger partial charge in [-0.1, -0.05) is 6.92 Å². The van der Waals surface area contributed by atoms with Gasteiger partial charge in [0, 0.05) is 17.6 Å². The van der Waals surface area contributed by atoms with Crippen LogP contribution in [0, 0.1) is 0 Å². The highest BCUT2D eigenvalue weighted by atomic mass is 32.2. The van der Waals surface area contributed by atoms with Crippen molar-refractivity contribution >= 4 is 27.2 Å². The molecule has 6 nitrogen and oxygen atoms in total. The summed E-state index contributed by atoms with van der Waals surface area (Å²) in [6, 6.07) is 6.60. The Kier molecular flexibility index (Phi) is 5.05. The Morgan fingerprint density at radius 2 is 2.15 bits per heavy atom. The number of aromatic nitrogens is 2. The summed E-state index contributed by atoms with van der Waals surface area (Å²) in [7, 11) is -3.58. The van der Waals surface area contributed by atoms with E-state index in [0.717, 1.165) is 17.8 Å². The first-order chi connectivity index (χ1) is 9.62. The molecule has 0 aromatic carbocycles. The van der Waals surface area contributed by atoms with Gasteiger partial charge in [-0.15, -0.1) is 16.4 Å². The lowest BCUT2D eigenvalue weighted by Crippen LogP contribution is -2.13. The van der Waals surface area contributed by atoms with Crippen LogP contribution in [-0.2, 0) is 16.6 Å². The Balaban J connectivity index is 2.06. The Morgan fingerprint density at radius 3 is 2.85 bits per heavy atom. The van der Waals surface area contributed by atoms with Crippen LogP contribution in [0.2, 0.25) is 0 Å². The van der Waals surface area contributed by atoms with E-state index >= 15 is 0 Å². The molecule has 108 valence electrons. The lowest BCUT2D eigenvalue weighted by Gasteiger charge is -2.03. The van der Waals surface area contributed by atoms with Crippen molar-refractivity contribution < 1.29 is 8.42 Å². The molecule has 0 bridgehead atoms. The monoisotopic (exact) mass is 312 g/mol. The average Bonchev–Trinajstić information content (AvgIpc) is 2.89. The largest absolute Gasteiger partial charge is 0.312 e. The van der Waals surface area contributed by atoms with Gasteiger partial charge in [0.15, 0.2) is 5.82 Å². The van der Waals surface area contributed by atoms with Crippen LogP contribution >= 0.6 is 11.3 Å². The van der Waals surface area contributed by atoms with Crippen molar-refractivity contribution in [2.24, 2.45) is 0 Å². The van der Waals surface area contributed by atoms with E-state index < -0.39 is 10.0 Å². The molecule has 0 atom stereocenters. The molecule has 0 unspecified atom stereocenters. The Morgan fingerprint density at radius 1 is 1.30 bits per heavy atom.